The molecule has 1 saturated carbocycles. The molecule has 1 aliphatic carbocycles. The smallest absolute Gasteiger partial charge is 0.314 e. The second-order valence-electron chi connectivity index (χ2n) is 5.74. The van der Waals surface area contributed by atoms with E-state index in [0.29, 0.717) is 12.0 Å². The topological polar surface area (TPSA) is 43.4 Å². The number of carbonyl (C=O) groups excluding carboxylic acids is 2. The number of fused-ring (bicyclic) bond motifs is 1. The standard InChI is InChI=1S/C16H18O3/c1-10-6-7-12(9-11(10)2)14(17)16-8-4-3-5-13(16)15(18)19-16/h6-7,9,13H,3-5,8H2,1-2H3. The minimum Gasteiger partial charge on any atom is -0.449 e. The molecule has 3 rings (SSSR count). The normalized spacial score (nSPS) is 29.2. The second kappa shape index (κ2) is 4.19. The summed E-state index contributed by atoms with van der Waals surface area (Å²) < 4.78 is 5.33. The number of ketones is 1. The molecule has 0 aromatic heterocycles. The van der Waals surface area contributed by atoms with E-state index < -0.39 is 5.60 Å². The molecule has 0 radical (unpaired) electrons. The first-order valence-corrected chi connectivity index (χ1v) is 6.89. The van der Waals surface area contributed by atoms with E-state index in [0.717, 1.165) is 24.8 Å². The molecular formula is C16H18O3. The van der Waals surface area contributed by atoms with Gasteiger partial charge in [0.15, 0.2) is 5.60 Å². The first-order valence-electron chi connectivity index (χ1n) is 6.89. The van der Waals surface area contributed by atoms with Crippen molar-refractivity contribution in [2.45, 2.75) is 45.1 Å². The lowest BCUT2D eigenvalue weighted by Gasteiger charge is -2.49. The van der Waals surface area contributed by atoms with Crippen LogP contribution in [0.1, 0.15) is 47.2 Å². The number of benzene rings is 1. The van der Waals surface area contributed by atoms with Crippen molar-refractivity contribution in [1.82, 2.24) is 0 Å². The van der Waals surface area contributed by atoms with Gasteiger partial charge in [-0.1, -0.05) is 18.6 Å². The van der Waals surface area contributed by atoms with Crippen molar-refractivity contribution in [3.63, 3.8) is 0 Å². The molecule has 1 heterocycles. The maximum atomic E-state index is 12.7. The Bertz CT molecular complexity index is 561. The maximum absolute atomic E-state index is 12.7. The average Bonchev–Trinajstić information content (AvgIpc) is 2.39. The van der Waals surface area contributed by atoms with Gasteiger partial charge in [-0.3, -0.25) is 9.59 Å². The Morgan fingerprint density at radius 1 is 1.26 bits per heavy atom. The van der Waals surface area contributed by atoms with Crippen molar-refractivity contribution in [2.24, 2.45) is 5.92 Å². The van der Waals surface area contributed by atoms with E-state index in [4.69, 9.17) is 4.74 Å². The molecule has 2 atom stereocenters. The number of aryl methyl sites for hydroxylation is 2. The van der Waals surface area contributed by atoms with E-state index in [1.54, 1.807) is 0 Å². The van der Waals surface area contributed by atoms with Crippen molar-refractivity contribution >= 4 is 11.8 Å². The third-order valence-electron chi connectivity index (χ3n) is 4.57. The quantitative estimate of drug-likeness (QED) is 0.605. The molecule has 3 nitrogen and oxygen atoms in total. The van der Waals surface area contributed by atoms with Gasteiger partial charge in [0.1, 0.15) is 5.92 Å². The third kappa shape index (κ3) is 1.71. The van der Waals surface area contributed by atoms with E-state index in [9.17, 15) is 9.59 Å². The maximum Gasteiger partial charge on any atom is 0.314 e. The summed E-state index contributed by atoms with van der Waals surface area (Å²) in [6.45, 7) is 4.02. The van der Waals surface area contributed by atoms with Gasteiger partial charge in [0.05, 0.1) is 0 Å². The van der Waals surface area contributed by atoms with E-state index in [2.05, 4.69) is 0 Å². The van der Waals surface area contributed by atoms with Crippen LogP contribution < -0.4 is 0 Å². The molecule has 2 unspecified atom stereocenters. The van der Waals surface area contributed by atoms with Gasteiger partial charge in [-0.15, -0.1) is 0 Å². The summed E-state index contributed by atoms with van der Waals surface area (Å²) in [5.74, 6) is -0.424. The molecule has 0 bridgehead atoms. The molecule has 1 aliphatic heterocycles. The summed E-state index contributed by atoms with van der Waals surface area (Å²) >= 11 is 0. The number of esters is 1. The highest BCUT2D eigenvalue weighted by Gasteiger charge is 2.62. The Balaban J connectivity index is 1.94. The number of hydrogen-bond donors (Lipinski definition) is 0. The van der Waals surface area contributed by atoms with Crippen LogP contribution in [-0.2, 0) is 9.53 Å². The third-order valence-corrected chi connectivity index (χ3v) is 4.57. The fraction of sp³-hybridized carbons (Fsp3) is 0.500. The van der Waals surface area contributed by atoms with Crippen LogP contribution in [0, 0.1) is 19.8 Å². The van der Waals surface area contributed by atoms with Crippen LogP contribution in [0.3, 0.4) is 0 Å². The lowest BCUT2D eigenvalue weighted by atomic mass is 9.67. The first-order chi connectivity index (χ1) is 9.04. The summed E-state index contributed by atoms with van der Waals surface area (Å²) in [6, 6.07) is 5.71. The molecule has 1 aromatic carbocycles. The zero-order valence-electron chi connectivity index (χ0n) is 11.4. The lowest BCUT2D eigenvalue weighted by Crippen LogP contribution is -2.63. The van der Waals surface area contributed by atoms with E-state index in [1.807, 2.05) is 32.0 Å². The van der Waals surface area contributed by atoms with Crippen LogP contribution in [0.4, 0.5) is 0 Å². The van der Waals surface area contributed by atoms with Crippen molar-refractivity contribution < 1.29 is 14.3 Å². The predicted octanol–water partition coefficient (Wildman–Crippen LogP) is 2.97. The van der Waals surface area contributed by atoms with E-state index in [1.165, 1.54) is 5.56 Å². The minimum atomic E-state index is -0.850. The van der Waals surface area contributed by atoms with Gasteiger partial charge >= 0.3 is 5.97 Å². The number of carbonyl (C=O) groups is 2. The highest BCUT2D eigenvalue weighted by molar-refractivity contribution is 6.09. The van der Waals surface area contributed by atoms with Crippen LogP contribution in [0.2, 0.25) is 0 Å². The first kappa shape index (κ1) is 12.4. The van der Waals surface area contributed by atoms with Crippen molar-refractivity contribution in [1.29, 1.82) is 0 Å². The number of Topliss-reactive ketones (excluding diaryl/α,β-unsaturated/α-hetero) is 1. The summed E-state index contributed by atoms with van der Waals surface area (Å²) in [6.07, 6.45) is 3.44. The number of hydrogen-bond acceptors (Lipinski definition) is 3. The summed E-state index contributed by atoms with van der Waals surface area (Å²) in [7, 11) is 0. The van der Waals surface area contributed by atoms with E-state index in [-0.39, 0.29) is 17.7 Å². The SMILES string of the molecule is Cc1ccc(C(=O)C23CCCCC2C(=O)O3)cc1C. The van der Waals surface area contributed by atoms with Crippen LogP contribution in [0.5, 0.6) is 0 Å². The Kier molecular flexibility index (Phi) is 2.73. The van der Waals surface area contributed by atoms with Gasteiger partial charge in [-0.25, -0.2) is 0 Å². The van der Waals surface area contributed by atoms with Gasteiger partial charge in [0, 0.05) is 5.56 Å². The number of rotatable bonds is 2. The minimum absolute atomic E-state index is 0.0140. The molecule has 2 aliphatic rings. The largest absolute Gasteiger partial charge is 0.449 e. The Hall–Kier alpha value is -1.64. The molecule has 100 valence electrons. The fourth-order valence-corrected chi connectivity index (χ4v) is 3.21. The van der Waals surface area contributed by atoms with Gasteiger partial charge in [0.25, 0.3) is 0 Å². The van der Waals surface area contributed by atoms with Gasteiger partial charge in [-0.05, 0) is 50.3 Å². The molecule has 3 heteroatoms. The summed E-state index contributed by atoms with van der Waals surface area (Å²) in [4.78, 5) is 24.3. The fourth-order valence-electron chi connectivity index (χ4n) is 3.21. The van der Waals surface area contributed by atoms with Gasteiger partial charge in [-0.2, -0.15) is 0 Å². The molecular weight excluding hydrogens is 240 g/mol. The average molecular weight is 258 g/mol. The van der Waals surface area contributed by atoms with Crippen LogP contribution >= 0.6 is 0 Å². The summed E-state index contributed by atoms with van der Waals surface area (Å²) in [5.41, 5.74) is 2.08. The van der Waals surface area contributed by atoms with E-state index >= 15 is 0 Å². The zero-order valence-corrected chi connectivity index (χ0v) is 11.4. The molecule has 1 saturated heterocycles. The second-order valence-corrected chi connectivity index (χ2v) is 5.74. The molecule has 0 spiro atoms. The van der Waals surface area contributed by atoms with Crippen molar-refractivity contribution in [3.05, 3.63) is 34.9 Å². The lowest BCUT2D eigenvalue weighted by molar-refractivity contribution is -0.207. The van der Waals surface area contributed by atoms with Gasteiger partial charge < -0.3 is 4.74 Å². The molecule has 0 N–H and O–H groups in total. The molecule has 0 amide bonds. The Labute approximate surface area is 113 Å². The molecule has 1 aromatic rings. The van der Waals surface area contributed by atoms with Crippen LogP contribution in [0.15, 0.2) is 18.2 Å². The Morgan fingerprint density at radius 3 is 2.74 bits per heavy atom. The summed E-state index contributed by atoms with van der Waals surface area (Å²) in [5, 5.41) is 0. The van der Waals surface area contributed by atoms with Crippen LogP contribution in [0.25, 0.3) is 0 Å². The zero-order chi connectivity index (χ0) is 13.6. The Morgan fingerprint density at radius 2 is 2.05 bits per heavy atom. The molecule has 2 fully saturated rings. The predicted molar refractivity (Wildman–Crippen MR) is 71.0 cm³/mol. The van der Waals surface area contributed by atoms with Crippen molar-refractivity contribution in [3.8, 4) is 0 Å². The van der Waals surface area contributed by atoms with Crippen LogP contribution in [-0.4, -0.2) is 17.4 Å². The van der Waals surface area contributed by atoms with Crippen molar-refractivity contribution in [2.75, 3.05) is 0 Å². The monoisotopic (exact) mass is 258 g/mol. The highest BCUT2D eigenvalue weighted by Crippen LogP contribution is 2.47. The molecule has 19 heavy (non-hydrogen) atoms. The highest BCUT2D eigenvalue weighted by atomic mass is 16.6. The van der Waals surface area contributed by atoms with Gasteiger partial charge in [0.2, 0.25) is 5.78 Å². The number of ether oxygens (including phenoxy) is 1.